The lowest BCUT2D eigenvalue weighted by molar-refractivity contribution is -0.130. The van der Waals surface area contributed by atoms with Crippen molar-refractivity contribution >= 4 is 49.8 Å². The van der Waals surface area contributed by atoms with Gasteiger partial charge in [-0.3, -0.25) is 9.59 Å². The number of Topliss-reactive ketones (excluding diaryl/α,β-unsaturated/α-hetero) is 1. The van der Waals surface area contributed by atoms with Gasteiger partial charge in [0.1, 0.15) is 45.6 Å². The van der Waals surface area contributed by atoms with Crippen molar-refractivity contribution in [1.82, 2.24) is 25.5 Å². The van der Waals surface area contributed by atoms with Crippen molar-refractivity contribution < 1.29 is 32.3 Å². The molecule has 0 spiro atoms. The van der Waals surface area contributed by atoms with Crippen molar-refractivity contribution in [2.45, 2.75) is 100 Å². The number of rotatable bonds is 9. The number of carbonyl (C=O) groups excluding carboxylic acids is 3. The van der Waals surface area contributed by atoms with E-state index in [9.17, 15) is 22.8 Å². The number of hydrogen-bond acceptors (Lipinski definition) is 10. The Labute approximate surface area is 308 Å². The number of aromatic nitrogens is 2. The van der Waals surface area contributed by atoms with Gasteiger partial charge in [-0.2, -0.15) is 0 Å². The predicted molar refractivity (Wildman–Crippen MR) is 199 cm³/mol. The van der Waals surface area contributed by atoms with E-state index in [2.05, 4.69) is 24.5 Å². The topological polar surface area (TPSA) is 157 Å². The Kier molecular flexibility index (Phi) is 9.83. The van der Waals surface area contributed by atoms with E-state index >= 15 is 0 Å². The number of methoxy groups -OCH3 is 1. The summed E-state index contributed by atoms with van der Waals surface area (Å²) < 4.78 is 37.6. The molecule has 12 nitrogen and oxygen atoms in total. The number of thiazole rings is 1. The van der Waals surface area contributed by atoms with Crippen molar-refractivity contribution in [3.8, 4) is 22.2 Å². The minimum absolute atomic E-state index is 0.130. The van der Waals surface area contributed by atoms with Gasteiger partial charge in [-0.1, -0.05) is 32.4 Å². The lowest BCUT2D eigenvalue weighted by atomic mass is 10.1. The van der Waals surface area contributed by atoms with E-state index < -0.39 is 49.7 Å². The normalized spacial score (nSPS) is 26.7. The smallest absolute Gasteiger partial charge is 0.318 e. The number of ether oxygens (including phenoxy) is 2. The molecule has 2 aromatic heterocycles. The van der Waals surface area contributed by atoms with Crippen molar-refractivity contribution in [3.63, 3.8) is 0 Å². The Morgan fingerprint density at radius 3 is 2.67 bits per heavy atom. The van der Waals surface area contributed by atoms with Crippen LogP contribution in [-0.4, -0.2) is 89.4 Å². The van der Waals surface area contributed by atoms with Gasteiger partial charge in [-0.25, -0.2) is 23.2 Å². The molecule has 278 valence electrons. The summed E-state index contributed by atoms with van der Waals surface area (Å²) in [5.41, 5.74) is 0.931. The highest BCUT2D eigenvalue weighted by atomic mass is 32.2. The number of benzene rings is 1. The van der Waals surface area contributed by atoms with E-state index in [0.717, 1.165) is 41.8 Å². The van der Waals surface area contributed by atoms with E-state index in [1.807, 2.05) is 41.8 Å². The quantitative estimate of drug-likeness (QED) is 0.267. The van der Waals surface area contributed by atoms with Gasteiger partial charge < -0.3 is 25.0 Å². The molecule has 4 atom stereocenters. The summed E-state index contributed by atoms with van der Waals surface area (Å²) >= 11 is 1.50. The van der Waals surface area contributed by atoms with Crippen molar-refractivity contribution in [2.24, 2.45) is 5.92 Å². The van der Waals surface area contributed by atoms with Gasteiger partial charge in [0, 0.05) is 41.8 Å². The molecule has 2 aliphatic carbocycles. The fourth-order valence-corrected chi connectivity index (χ4v) is 9.77. The average molecular weight is 750 g/mol. The molecule has 1 saturated heterocycles. The Balaban J connectivity index is 1.18. The monoisotopic (exact) mass is 749 g/mol. The van der Waals surface area contributed by atoms with Gasteiger partial charge in [0.2, 0.25) is 5.91 Å². The highest BCUT2D eigenvalue weighted by Gasteiger charge is 2.62. The van der Waals surface area contributed by atoms with Crippen LogP contribution in [0, 0.1) is 5.92 Å². The zero-order chi connectivity index (χ0) is 36.8. The maximum Gasteiger partial charge on any atom is 0.318 e. The number of nitrogens with one attached hydrogen (secondary N) is 2. The summed E-state index contributed by atoms with van der Waals surface area (Å²) in [6.45, 7) is 6.44. The first kappa shape index (κ1) is 36.3. The highest BCUT2D eigenvalue weighted by Crippen LogP contribution is 2.49. The van der Waals surface area contributed by atoms with Crippen LogP contribution in [0.4, 0.5) is 4.79 Å². The number of nitrogens with zero attached hydrogens (tertiary/aromatic N) is 3. The first-order chi connectivity index (χ1) is 24.8. The molecule has 4 heterocycles. The number of carbonyl (C=O) groups is 3. The van der Waals surface area contributed by atoms with E-state index in [0.29, 0.717) is 48.5 Å². The van der Waals surface area contributed by atoms with E-state index in [1.54, 1.807) is 14.0 Å². The lowest BCUT2D eigenvalue weighted by Gasteiger charge is -2.26. The van der Waals surface area contributed by atoms with E-state index in [1.165, 1.54) is 16.2 Å². The summed E-state index contributed by atoms with van der Waals surface area (Å²) in [6.07, 6.45) is 8.35. The van der Waals surface area contributed by atoms with Crippen LogP contribution in [0.15, 0.2) is 41.8 Å². The Morgan fingerprint density at radius 2 is 1.94 bits per heavy atom. The summed E-state index contributed by atoms with van der Waals surface area (Å²) in [4.78, 5) is 52.9. The third-order valence-corrected chi connectivity index (χ3v) is 14.4. The van der Waals surface area contributed by atoms with E-state index in [-0.39, 0.29) is 30.8 Å². The molecule has 2 saturated carbocycles. The standard InChI is InChI=1S/C38H47N5O7S2/c1-23(2)30-21-51-35(41-30)29-18-32(27-12-11-25(49-4)16-28(27)40-29)50-26-17-31-34(45)42-38(33(44)22-52(47,48)37(3)13-14-37)19-24(38)10-8-6-5-7-9-15-39-36(46)43(31)20-26/h8,10-12,16,18,21,23-24,26,31H,5-7,9,13-15,17,19-20,22H2,1-4H3,(H,39,46)(H,42,45)/b10-8-/t24-,26+,31-,38-/m0/s1. The number of ketones is 1. The van der Waals surface area contributed by atoms with Crippen molar-refractivity contribution in [2.75, 3.05) is 26.0 Å². The maximum atomic E-state index is 14.2. The third-order valence-electron chi connectivity index (χ3n) is 11.0. The Morgan fingerprint density at radius 1 is 1.13 bits per heavy atom. The number of allylic oxidation sites excluding steroid dienone is 1. The first-order valence-electron chi connectivity index (χ1n) is 18.2. The number of amides is 3. The molecule has 0 bridgehead atoms. The molecule has 3 aromatic rings. The molecule has 1 aromatic carbocycles. The SMILES string of the molecule is COc1ccc2c(O[C@@H]3C[C@H]4C(=O)N[C@@]5(C(=O)CS(=O)(=O)C6(C)CC6)C[C@@H]5/C=C\CCCCCNC(=O)N4C3)cc(-c3nc(C(C)C)cs3)nc2c1. The second-order valence-corrected chi connectivity index (χ2v) is 18.5. The van der Waals surface area contributed by atoms with Crippen LogP contribution in [0.1, 0.15) is 83.7 Å². The molecule has 2 N–H and O–H groups in total. The van der Waals surface area contributed by atoms with Crippen molar-refractivity contribution in [1.29, 1.82) is 0 Å². The molecule has 0 unspecified atom stereocenters. The highest BCUT2D eigenvalue weighted by molar-refractivity contribution is 7.93. The number of fused-ring (bicyclic) bond motifs is 3. The molecule has 3 amide bonds. The van der Waals surface area contributed by atoms with Crippen LogP contribution >= 0.6 is 11.3 Å². The van der Waals surface area contributed by atoms with Gasteiger partial charge in [0.05, 0.1) is 29.6 Å². The Hall–Kier alpha value is -4.04. The van der Waals surface area contributed by atoms with Crippen LogP contribution in [0.2, 0.25) is 0 Å². The van der Waals surface area contributed by atoms with Crippen molar-refractivity contribution in [3.05, 3.63) is 47.5 Å². The fraction of sp³-hybridized carbons (Fsp3) is 0.553. The number of sulfone groups is 1. The molecule has 4 aliphatic rings. The molecule has 2 aliphatic heterocycles. The summed E-state index contributed by atoms with van der Waals surface area (Å²) in [6, 6.07) is 6.07. The number of pyridine rings is 1. The molecule has 7 rings (SSSR count). The molecule has 52 heavy (non-hydrogen) atoms. The summed E-state index contributed by atoms with van der Waals surface area (Å²) in [5.74, 6) is -0.489. The fourth-order valence-electron chi connectivity index (χ4n) is 7.16. The minimum atomic E-state index is -3.69. The molecule has 0 radical (unpaired) electrons. The Bertz CT molecular complexity index is 2020. The van der Waals surface area contributed by atoms with Crippen LogP contribution in [0.3, 0.4) is 0 Å². The number of hydrogen-bond donors (Lipinski definition) is 2. The predicted octanol–water partition coefficient (Wildman–Crippen LogP) is 5.56. The van der Waals surface area contributed by atoms with Crippen LogP contribution in [0.25, 0.3) is 21.6 Å². The molecule has 14 heteroatoms. The average Bonchev–Trinajstić information content (AvgIpc) is 3.88. The largest absolute Gasteiger partial charge is 0.497 e. The van der Waals surface area contributed by atoms with Gasteiger partial charge in [0.15, 0.2) is 15.6 Å². The summed E-state index contributed by atoms with van der Waals surface area (Å²) in [5, 5.41) is 9.47. The minimum Gasteiger partial charge on any atom is -0.497 e. The second kappa shape index (κ2) is 14.1. The lowest BCUT2D eigenvalue weighted by Crippen LogP contribution is -2.55. The molecule has 3 fully saturated rings. The third kappa shape index (κ3) is 7.15. The molecular formula is C38H47N5O7S2. The second-order valence-electron chi connectivity index (χ2n) is 15.2. The summed E-state index contributed by atoms with van der Waals surface area (Å²) in [7, 11) is -2.09. The zero-order valence-electron chi connectivity index (χ0n) is 30.1. The zero-order valence-corrected chi connectivity index (χ0v) is 31.8. The first-order valence-corrected chi connectivity index (χ1v) is 20.8. The van der Waals surface area contributed by atoms with Crippen LogP contribution in [0.5, 0.6) is 11.5 Å². The van der Waals surface area contributed by atoms with Crippen LogP contribution in [-0.2, 0) is 19.4 Å². The van der Waals surface area contributed by atoms with Gasteiger partial charge in [-0.05, 0) is 63.5 Å². The molecular weight excluding hydrogens is 703 g/mol. The van der Waals surface area contributed by atoms with Gasteiger partial charge >= 0.3 is 6.03 Å². The van der Waals surface area contributed by atoms with Gasteiger partial charge in [0.25, 0.3) is 0 Å². The number of urea groups is 1. The van der Waals surface area contributed by atoms with Gasteiger partial charge in [-0.15, -0.1) is 11.3 Å². The van der Waals surface area contributed by atoms with E-state index in [4.69, 9.17) is 19.4 Å². The van der Waals surface area contributed by atoms with Crippen LogP contribution < -0.4 is 20.1 Å². The maximum absolute atomic E-state index is 14.2.